The molecule has 1 rings (SSSR count). The third kappa shape index (κ3) is 9.37. The number of rotatable bonds is 3. The van der Waals surface area contributed by atoms with Gasteiger partial charge >= 0.3 is 0 Å². The molecule has 5 heteroatoms. The van der Waals surface area contributed by atoms with E-state index in [1.54, 1.807) is 21.1 Å². The van der Waals surface area contributed by atoms with Gasteiger partial charge in [-0.3, -0.25) is 4.90 Å². The maximum absolute atomic E-state index is 9.89. The number of nitrogens with zero attached hydrogens (tertiary/aromatic N) is 2. The summed E-state index contributed by atoms with van der Waals surface area (Å²) in [5.41, 5.74) is 0. The molecule has 88 valence electrons. The Kier molecular flexibility index (Phi) is 6.12. The van der Waals surface area contributed by atoms with Crippen molar-refractivity contribution in [3.8, 4) is 0 Å². The van der Waals surface area contributed by atoms with Gasteiger partial charge in [-0.1, -0.05) is 0 Å². The van der Waals surface area contributed by atoms with Crippen LogP contribution in [0, 0.1) is 0 Å². The van der Waals surface area contributed by atoms with Crippen LogP contribution in [0.2, 0.25) is 0 Å². The number of carboxylic acids is 1. The van der Waals surface area contributed by atoms with E-state index < -0.39 is 5.97 Å². The molecule has 5 nitrogen and oxygen atoms in total. The van der Waals surface area contributed by atoms with Crippen molar-refractivity contribution in [2.75, 3.05) is 47.3 Å². The second kappa shape index (κ2) is 6.53. The minimum absolute atomic E-state index is 0.0694. The van der Waals surface area contributed by atoms with Gasteiger partial charge < -0.3 is 14.4 Å². The van der Waals surface area contributed by atoms with Gasteiger partial charge in [0.25, 0.3) is 0 Å². The molecule has 1 N–H and O–H groups in total. The van der Waals surface area contributed by atoms with E-state index in [-0.39, 0.29) is 6.54 Å². The average Bonchev–Trinajstić information content (AvgIpc) is 2.51. The third-order valence-electron chi connectivity index (χ3n) is 1.89. The molecule has 0 radical (unpaired) electrons. The van der Waals surface area contributed by atoms with Crippen molar-refractivity contribution in [1.29, 1.82) is 0 Å². The fourth-order valence-corrected chi connectivity index (χ4v) is 1.12. The Bertz CT molecular complexity index is 221. The Morgan fingerprint density at radius 2 is 2.13 bits per heavy atom. The van der Waals surface area contributed by atoms with Crippen LogP contribution in [-0.2, 0) is 4.79 Å². The zero-order chi connectivity index (χ0) is 11.9. The van der Waals surface area contributed by atoms with Crippen LogP contribution < -0.4 is 10.0 Å². The summed E-state index contributed by atoms with van der Waals surface area (Å²) in [5, 5.41) is 9.89. The van der Waals surface area contributed by atoms with E-state index in [2.05, 4.69) is 11.9 Å². The predicted octanol–water partition coefficient (Wildman–Crippen LogP) is -2.62. The smallest absolute Gasteiger partial charge is 0.183 e. The van der Waals surface area contributed by atoms with Crippen LogP contribution in [0.25, 0.3) is 0 Å². The number of carbonyl (C=O) groups excluding carboxylic acids is 1. The molecule has 0 saturated carbocycles. The molecule has 1 heterocycles. The number of hydrogen-bond donors (Lipinski definition) is 1. The average molecular weight is 216 g/mol. The monoisotopic (exact) mass is 216 g/mol. The molecule has 0 spiro atoms. The van der Waals surface area contributed by atoms with Gasteiger partial charge in [0.1, 0.15) is 13.1 Å². The van der Waals surface area contributed by atoms with E-state index in [4.69, 9.17) is 0 Å². The van der Waals surface area contributed by atoms with Gasteiger partial charge in [0, 0.05) is 0 Å². The molecule has 0 aromatic rings. The first-order chi connectivity index (χ1) is 6.85. The fourth-order valence-electron chi connectivity index (χ4n) is 1.12. The van der Waals surface area contributed by atoms with Gasteiger partial charge in [0.2, 0.25) is 0 Å². The summed E-state index contributed by atoms with van der Waals surface area (Å²) in [4.78, 5) is 15.5. The molecule has 1 aliphatic heterocycles. The zero-order valence-corrected chi connectivity index (χ0v) is 10.1. The molecule has 0 aromatic heterocycles. The van der Waals surface area contributed by atoms with Crippen molar-refractivity contribution < 1.29 is 19.3 Å². The van der Waals surface area contributed by atoms with Crippen LogP contribution >= 0.6 is 0 Å². The minimum atomic E-state index is -1.00. The lowest BCUT2D eigenvalue weighted by molar-refractivity contribution is -0.864. The standard InChI is InChI=1S/C5H10N2.C5H11NO2/c1-2-7-4-3-6-5-7;1-6(2,3)4-5(7)8/h5H,2-4H2,1H3;4H2,1-3H3/p+1. The van der Waals surface area contributed by atoms with Crippen molar-refractivity contribution in [3.63, 3.8) is 0 Å². The SMILES string of the molecule is CC[NH+]1C=NCC1.C[N+](C)(C)CC(=O)[O-]. The zero-order valence-electron chi connectivity index (χ0n) is 10.1. The Labute approximate surface area is 91.6 Å². The van der Waals surface area contributed by atoms with Crippen LogP contribution in [0.3, 0.4) is 0 Å². The summed E-state index contributed by atoms with van der Waals surface area (Å²) in [6.07, 6.45) is 2.00. The largest absolute Gasteiger partial charge is 0.544 e. The van der Waals surface area contributed by atoms with E-state index in [1.807, 2.05) is 6.34 Å². The first-order valence-corrected chi connectivity index (χ1v) is 5.20. The van der Waals surface area contributed by atoms with Crippen LogP contribution in [0.4, 0.5) is 0 Å². The van der Waals surface area contributed by atoms with E-state index >= 15 is 0 Å². The summed E-state index contributed by atoms with van der Waals surface area (Å²) in [6, 6.07) is 0. The van der Waals surface area contributed by atoms with E-state index in [0.29, 0.717) is 4.48 Å². The summed E-state index contributed by atoms with van der Waals surface area (Å²) >= 11 is 0. The molecular formula is C10H22N3O2+. The summed E-state index contributed by atoms with van der Waals surface area (Å²) in [5.74, 6) is -1.00. The predicted molar refractivity (Wildman–Crippen MR) is 57.6 cm³/mol. The van der Waals surface area contributed by atoms with Crippen molar-refractivity contribution >= 4 is 12.3 Å². The van der Waals surface area contributed by atoms with Crippen LogP contribution in [0.5, 0.6) is 0 Å². The number of nitrogens with one attached hydrogen (secondary N) is 1. The lowest BCUT2D eigenvalue weighted by Gasteiger charge is -2.23. The second-order valence-electron chi connectivity index (χ2n) is 4.62. The van der Waals surface area contributed by atoms with Crippen molar-refractivity contribution in [2.24, 2.45) is 4.99 Å². The Morgan fingerprint density at radius 3 is 2.27 bits per heavy atom. The van der Waals surface area contributed by atoms with Gasteiger partial charge in [0.15, 0.2) is 6.34 Å². The van der Waals surface area contributed by atoms with Crippen LogP contribution in [0.1, 0.15) is 6.92 Å². The number of likely N-dealkylation sites (N-methyl/N-ethyl adjacent to an activating group) is 2. The number of carboxylic acid groups (broad SMARTS) is 1. The van der Waals surface area contributed by atoms with Crippen molar-refractivity contribution in [1.82, 2.24) is 0 Å². The number of quaternary nitrogens is 2. The molecular weight excluding hydrogens is 194 g/mol. The minimum Gasteiger partial charge on any atom is -0.544 e. The summed E-state index contributed by atoms with van der Waals surface area (Å²) in [7, 11) is 5.40. The van der Waals surface area contributed by atoms with Crippen molar-refractivity contribution in [2.45, 2.75) is 6.92 Å². The highest BCUT2D eigenvalue weighted by atomic mass is 16.4. The summed E-state index contributed by atoms with van der Waals surface area (Å²) in [6.45, 7) is 5.66. The molecule has 15 heavy (non-hydrogen) atoms. The Morgan fingerprint density at radius 1 is 1.53 bits per heavy atom. The van der Waals surface area contributed by atoms with Crippen molar-refractivity contribution in [3.05, 3.63) is 0 Å². The molecule has 1 aliphatic rings. The highest BCUT2D eigenvalue weighted by molar-refractivity contribution is 5.65. The highest BCUT2D eigenvalue weighted by Crippen LogP contribution is 1.84. The van der Waals surface area contributed by atoms with Crippen LogP contribution in [-0.4, -0.2) is 64.1 Å². The van der Waals surface area contributed by atoms with Gasteiger partial charge in [-0.25, -0.2) is 4.99 Å². The maximum Gasteiger partial charge on any atom is 0.183 e. The molecule has 0 amide bonds. The van der Waals surface area contributed by atoms with Gasteiger partial charge in [-0.05, 0) is 6.92 Å². The lowest BCUT2D eigenvalue weighted by Crippen LogP contribution is -3.09. The Hall–Kier alpha value is -0.940. The topological polar surface area (TPSA) is 56.9 Å². The van der Waals surface area contributed by atoms with E-state index in [1.165, 1.54) is 18.0 Å². The normalized spacial score (nSPS) is 19.6. The lowest BCUT2D eigenvalue weighted by atomic mass is 10.5. The molecule has 1 atom stereocenters. The molecule has 0 aromatic carbocycles. The number of aliphatic imine (C=N–C) groups is 1. The van der Waals surface area contributed by atoms with Gasteiger partial charge in [-0.2, -0.15) is 0 Å². The number of aliphatic carboxylic acids is 1. The summed E-state index contributed by atoms with van der Waals surface area (Å²) < 4.78 is 0.419. The molecule has 0 fully saturated rings. The highest BCUT2D eigenvalue weighted by Gasteiger charge is 2.05. The molecule has 0 bridgehead atoms. The maximum atomic E-state index is 9.89. The van der Waals surface area contributed by atoms with Crippen LogP contribution in [0.15, 0.2) is 4.99 Å². The molecule has 1 unspecified atom stereocenters. The van der Waals surface area contributed by atoms with E-state index in [0.717, 1.165) is 6.54 Å². The number of hydrogen-bond acceptors (Lipinski definition) is 3. The first-order valence-electron chi connectivity index (χ1n) is 5.20. The Balaban J connectivity index is 0.000000262. The first kappa shape index (κ1) is 14.1. The quantitative estimate of drug-likeness (QED) is 0.525. The fraction of sp³-hybridized carbons (Fsp3) is 0.800. The third-order valence-corrected chi connectivity index (χ3v) is 1.89. The van der Waals surface area contributed by atoms with Gasteiger partial charge in [0.05, 0.1) is 40.2 Å². The van der Waals surface area contributed by atoms with E-state index in [9.17, 15) is 9.90 Å². The second-order valence-corrected chi connectivity index (χ2v) is 4.62. The molecule has 0 aliphatic carbocycles. The molecule has 0 saturated heterocycles. The number of carbonyl (C=O) groups is 1. The van der Waals surface area contributed by atoms with Gasteiger partial charge in [-0.15, -0.1) is 0 Å².